The molecule has 4 rings (SSSR count). The van der Waals surface area contributed by atoms with Gasteiger partial charge in [-0.3, -0.25) is 0 Å². The minimum Gasteiger partial charge on any atom is -0.507 e. The largest absolute Gasteiger partial charge is 0.507 e. The van der Waals surface area contributed by atoms with Crippen LogP contribution in [0.4, 0.5) is 0 Å². The zero-order valence-corrected chi connectivity index (χ0v) is 16.9. The summed E-state index contributed by atoms with van der Waals surface area (Å²) in [4.78, 5) is 0. The van der Waals surface area contributed by atoms with Gasteiger partial charge in [-0.25, -0.2) is 0 Å². The summed E-state index contributed by atoms with van der Waals surface area (Å²) in [7, 11) is 1.61. The topological polar surface area (TPSA) is 74.0 Å². The third kappa shape index (κ3) is 3.62. The number of benzene rings is 2. The molecule has 0 amide bonds. The highest BCUT2D eigenvalue weighted by atomic mass is 16.5. The molecule has 0 atom stereocenters. The number of nitrogens with zero attached hydrogens (tertiary/aromatic N) is 1. The van der Waals surface area contributed by atoms with Crippen molar-refractivity contribution in [1.29, 1.82) is 0 Å². The van der Waals surface area contributed by atoms with Gasteiger partial charge in [0.25, 0.3) is 0 Å². The maximum Gasteiger partial charge on any atom is 0.178 e. The van der Waals surface area contributed by atoms with Gasteiger partial charge in [-0.2, -0.15) is 0 Å². The Morgan fingerprint density at radius 3 is 2.66 bits per heavy atom. The molecule has 1 aliphatic heterocycles. The molecule has 29 heavy (non-hydrogen) atoms. The quantitative estimate of drug-likeness (QED) is 0.644. The van der Waals surface area contributed by atoms with Crippen molar-refractivity contribution in [1.82, 2.24) is 5.16 Å². The van der Waals surface area contributed by atoms with Crippen LogP contribution in [-0.4, -0.2) is 30.6 Å². The molecule has 0 aliphatic carbocycles. The lowest BCUT2D eigenvalue weighted by molar-refractivity contribution is 0.297. The Hall–Kier alpha value is -3.15. The summed E-state index contributed by atoms with van der Waals surface area (Å²) in [6.07, 6.45) is 2.65. The van der Waals surface area contributed by atoms with E-state index in [1.807, 2.05) is 31.2 Å². The van der Waals surface area contributed by atoms with E-state index in [4.69, 9.17) is 18.7 Å². The number of rotatable bonds is 5. The molecule has 6 nitrogen and oxygen atoms in total. The van der Waals surface area contributed by atoms with Crippen LogP contribution < -0.4 is 14.2 Å². The third-order valence-corrected chi connectivity index (χ3v) is 5.06. The van der Waals surface area contributed by atoms with E-state index in [0.717, 1.165) is 47.4 Å². The van der Waals surface area contributed by atoms with Gasteiger partial charge in [0.1, 0.15) is 11.5 Å². The van der Waals surface area contributed by atoms with Crippen molar-refractivity contribution in [2.45, 2.75) is 33.1 Å². The van der Waals surface area contributed by atoms with Gasteiger partial charge in [0.15, 0.2) is 17.3 Å². The zero-order chi connectivity index (χ0) is 20.4. The van der Waals surface area contributed by atoms with Crippen molar-refractivity contribution in [3.8, 4) is 45.4 Å². The molecule has 6 heteroatoms. The predicted molar refractivity (Wildman–Crippen MR) is 110 cm³/mol. The molecule has 3 aromatic rings. The Labute approximate surface area is 170 Å². The SMILES string of the molecule is CCCc1cc(-c2onc(C)c2-c2ccc3c(c2)OCCCO3)c(O)cc1OC. The lowest BCUT2D eigenvalue weighted by Crippen LogP contribution is -1.97. The molecule has 0 saturated carbocycles. The van der Waals surface area contributed by atoms with E-state index >= 15 is 0 Å². The minimum absolute atomic E-state index is 0.0912. The number of aromatic nitrogens is 1. The van der Waals surface area contributed by atoms with Gasteiger partial charge in [-0.05, 0) is 42.7 Å². The molecule has 1 aromatic heterocycles. The molecule has 2 heterocycles. The van der Waals surface area contributed by atoms with E-state index in [0.29, 0.717) is 36.0 Å². The molecule has 0 radical (unpaired) electrons. The van der Waals surface area contributed by atoms with E-state index in [1.165, 1.54) is 0 Å². The number of methoxy groups -OCH3 is 1. The van der Waals surface area contributed by atoms with Gasteiger partial charge >= 0.3 is 0 Å². The summed E-state index contributed by atoms with van der Waals surface area (Å²) < 4.78 is 22.7. The number of ether oxygens (including phenoxy) is 3. The summed E-state index contributed by atoms with van der Waals surface area (Å²) in [5.74, 6) is 2.72. The second-order valence-electron chi connectivity index (χ2n) is 7.12. The number of hydrogen-bond donors (Lipinski definition) is 1. The van der Waals surface area contributed by atoms with Crippen LogP contribution in [0.5, 0.6) is 23.0 Å². The van der Waals surface area contributed by atoms with Crippen molar-refractivity contribution < 1.29 is 23.8 Å². The number of aromatic hydroxyl groups is 1. The summed E-state index contributed by atoms with van der Waals surface area (Å²) in [6, 6.07) is 9.37. The van der Waals surface area contributed by atoms with E-state index in [9.17, 15) is 5.11 Å². The summed E-state index contributed by atoms with van der Waals surface area (Å²) in [5, 5.41) is 14.8. The average Bonchev–Trinajstić information content (AvgIpc) is 2.95. The van der Waals surface area contributed by atoms with Crippen LogP contribution in [0, 0.1) is 6.92 Å². The fraction of sp³-hybridized carbons (Fsp3) is 0.348. The summed E-state index contributed by atoms with van der Waals surface area (Å²) >= 11 is 0. The lowest BCUT2D eigenvalue weighted by Gasteiger charge is -2.13. The highest BCUT2D eigenvalue weighted by molar-refractivity contribution is 5.85. The first-order chi connectivity index (χ1) is 14.1. The Bertz CT molecular complexity index is 1020. The van der Waals surface area contributed by atoms with Crippen molar-refractivity contribution in [2.75, 3.05) is 20.3 Å². The number of aryl methyl sites for hydroxylation is 2. The third-order valence-electron chi connectivity index (χ3n) is 5.06. The van der Waals surface area contributed by atoms with Crippen LogP contribution in [-0.2, 0) is 6.42 Å². The minimum atomic E-state index is 0.0912. The van der Waals surface area contributed by atoms with Gasteiger partial charge < -0.3 is 23.8 Å². The van der Waals surface area contributed by atoms with Gasteiger partial charge in [-0.15, -0.1) is 0 Å². The van der Waals surface area contributed by atoms with Crippen LogP contribution in [0.15, 0.2) is 34.9 Å². The standard InChI is InChI=1S/C23H25NO5/c1-4-6-15-11-17(18(25)13-20(15)26-3)23-22(14(2)24-29-23)16-7-8-19-21(12-16)28-10-5-9-27-19/h7-8,11-13,25H,4-6,9-10H2,1-3H3. The van der Waals surface area contributed by atoms with Gasteiger partial charge in [0, 0.05) is 12.5 Å². The normalized spacial score (nSPS) is 13.2. The maximum atomic E-state index is 10.7. The fourth-order valence-corrected chi connectivity index (χ4v) is 3.66. The van der Waals surface area contributed by atoms with Crippen LogP contribution >= 0.6 is 0 Å². The maximum absolute atomic E-state index is 10.7. The Balaban J connectivity index is 1.83. The smallest absolute Gasteiger partial charge is 0.178 e. The van der Waals surface area contributed by atoms with Crippen molar-refractivity contribution in [2.24, 2.45) is 0 Å². The van der Waals surface area contributed by atoms with Crippen LogP contribution in [0.1, 0.15) is 31.0 Å². The first-order valence-electron chi connectivity index (χ1n) is 9.89. The van der Waals surface area contributed by atoms with E-state index in [1.54, 1.807) is 13.2 Å². The molecule has 0 unspecified atom stereocenters. The van der Waals surface area contributed by atoms with Crippen molar-refractivity contribution in [3.63, 3.8) is 0 Å². The van der Waals surface area contributed by atoms with Crippen molar-refractivity contribution in [3.05, 3.63) is 41.6 Å². The number of hydrogen-bond acceptors (Lipinski definition) is 6. The second-order valence-corrected chi connectivity index (χ2v) is 7.12. The first kappa shape index (κ1) is 19.2. The molecular weight excluding hydrogens is 370 g/mol. The molecule has 0 bridgehead atoms. The van der Waals surface area contributed by atoms with Crippen LogP contribution in [0.25, 0.3) is 22.5 Å². The highest BCUT2D eigenvalue weighted by Gasteiger charge is 2.23. The molecule has 2 aromatic carbocycles. The average molecular weight is 395 g/mol. The number of fused-ring (bicyclic) bond motifs is 1. The molecule has 152 valence electrons. The van der Waals surface area contributed by atoms with E-state index < -0.39 is 0 Å². The first-order valence-corrected chi connectivity index (χ1v) is 9.89. The van der Waals surface area contributed by atoms with Crippen LogP contribution in [0.2, 0.25) is 0 Å². The highest BCUT2D eigenvalue weighted by Crippen LogP contribution is 2.43. The molecule has 1 N–H and O–H groups in total. The van der Waals surface area contributed by atoms with E-state index in [2.05, 4.69) is 12.1 Å². The summed E-state index contributed by atoms with van der Waals surface area (Å²) in [6.45, 7) is 5.25. The second kappa shape index (κ2) is 8.07. The van der Waals surface area contributed by atoms with Crippen molar-refractivity contribution >= 4 is 0 Å². The van der Waals surface area contributed by atoms with Crippen LogP contribution in [0.3, 0.4) is 0 Å². The fourth-order valence-electron chi connectivity index (χ4n) is 3.66. The monoisotopic (exact) mass is 395 g/mol. The molecular formula is C23H25NO5. The Kier molecular flexibility index (Phi) is 5.34. The van der Waals surface area contributed by atoms with E-state index in [-0.39, 0.29) is 5.75 Å². The lowest BCUT2D eigenvalue weighted by atomic mass is 9.96. The van der Waals surface area contributed by atoms with Gasteiger partial charge in [0.2, 0.25) is 0 Å². The molecule has 0 saturated heterocycles. The molecule has 0 spiro atoms. The predicted octanol–water partition coefficient (Wildman–Crippen LogP) is 5.15. The van der Waals surface area contributed by atoms with Gasteiger partial charge in [-0.1, -0.05) is 24.6 Å². The number of phenols is 1. The Morgan fingerprint density at radius 2 is 1.90 bits per heavy atom. The van der Waals surface area contributed by atoms with Gasteiger partial charge in [0.05, 0.1) is 37.1 Å². The number of phenolic OH excluding ortho intramolecular Hbond substituents is 1. The Morgan fingerprint density at radius 1 is 1.10 bits per heavy atom. The molecule has 0 fully saturated rings. The summed E-state index contributed by atoms with van der Waals surface area (Å²) in [5.41, 5.74) is 4.07. The molecule has 1 aliphatic rings. The zero-order valence-electron chi connectivity index (χ0n) is 16.9.